The van der Waals surface area contributed by atoms with Crippen LogP contribution in [0.3, 0.4) is 0 Å². The second kappa shape index (κ2) is 7.16. The number of hydrogen-bond acceptors (Lipinski definition) is 3. The SMILES string of the molecule is Cc1[nH]c(C(=O)Nc2ccc(I)cc2)c(C)c1C(=O)OC(C)C. The number of esters is 1. The minimum Gasteiger partial charge on any atom is -0.459 e. The monoisotopic (exact) mass is 426 g/mol. The van der Waals surface area contributed by atoms with E-state index in [0.717, 1.165) is 3.57 Å². The number of ether oxygens (including phenoxy) is 1. The zero-order valence-corrected chi connectivity index (χ0v) is 15.6. The van der Waals surface area contributed by atoms with Crippen molar-refractivity contribution in [2.24, 2.45) is 0 Å². The highest BCUT2D eigenvalue weighted by Crippen LogP contribution is 2.21. The summed E-state index contributed by atoms with van der Waals surface area (Å²) in [5.74, 6) is -0.699. The van der Waals surface area contributed by atoms with Crippen LogP contribution in [0.4, 0.5) is 5.69 Å². The van der Waals surface area contributed by atoms with E-state index < -0.39 is 5.97 Å². The molecule has 0 fully saturated rings. The number of carbonyl (C=O) groups is 2. The van der Waals surface area contributed by atoms with E-state index in [-0.39, 0.29) is 12.0 Å². The van der Waals surface area contributed by atoms with Crippen molar-refractivity contribution in [1.82, 2.24) is 4.98 Å². The maximum absolute atomic E-state index is 12.4. The molecule has 1 aromatic carbocycles. The average Bonchev–Trinajstić information content (AvgIpc) is 2.76. The van der Waals surface area contributed by atoms with Crippen LogP contribution in [0.1, 0.15) is 46.0 Å². The van der Waals surface area contributed by atoms with Crippen molar-refractivity contribution in [1.29, 1.82) is 0 Å². The molecule has 6 heteroatoms. The van der Waals surface area contributed by atoms with Gasteiger partial charge in [0.15, 0.2) is 0 Å². The molecule has 23 heavy (non-hydrogen) atoms. The van der Waals surface area contributed by atoms with E-state index >= 15 is 0 Å². The Labute approximate surface area is 149 Å². The van der Waals surface area contributed by atoms with Gasteiger partial charge in [-0.15, -0.1) is 0 Å². The first kappa shape index (κ1) is 17.5. The summed E-state index contributed by atoms with van der Waals surface area (Å²) >= 11 is 2.20. The number of amides is 1. The number of halogens is 1. The van der Waals surface area contributed by atoms with E-state index in [1.54, 1.807) is 27.7 Å². The first-order valence-electron chi connectivity index (χ1n) is 7.26. The van der Waals surface area contributed by atoms with E-state index in [4.69, 9.17) is 4.74 Å². The van der Waals surface area contributed by atoms with Gasteiger partial charge in [-0.2, -0.15) is 0 Å². The largest absolute Gasteiger partial charge is 0.459 e. The van der Waals surface area contributed by atoms with E-state index in [1.165, 1.54) is 0 Å². The second-order valence-corrected chi connectivity index (χ2v) is 6.79. The zero-order valence-electron chi connectivity index (χ0n) is 13.5. The van der Waals surface area contributed by atoms with Crippen LogP contribution >= 0.6 is 22.6 Å². The number of nitrogens with one attached hydrogen (secondary N) is 2. The van der Waals surface area contributed by atoms with Gasteiger partial charge in [0.2, 0.25) is 0 Å². The number of aryl methyl sites for hydroxylation is 1. The maximum atomic E-state index is 12.4. The van der Waals surface area contributed by atoms with E-state index in [1.807, 2.05) is 24.3 Å². The summed E-state index contributed by atoms with van der Waals surface area (Å²) in [5, 5.41) is 2.82. The Morgan fingerprint density at radius 1 is 1.17 bits per heavy atom. The van der Waals surface area contributed by atoms with Gasteiger partial charge in [0, 0.05) is 15.0 Å². The molecule has 0 unspecified atom stereocenters. The number of rotatable bonds is 4. The van der Waals surface area contributed by atoms with Crippen molar-refractivity contribution >= 4 is 40.2 Å². The van der Waals surface area contributed by atoms with Gasteiger partial charge in [0.1, 0.15) is 5.69 Å². The zero-order chi connectivity index (χ0) is 17.1. The average molecular weight is 426 g/mol. The number of benzene rings is 1. The van der Waals surface area contributed by atoms with E-state index in [2.05, 4.69) is 32.9 Å². The number of aromatic nitrogens is 1. The summed E-state index contributed by atoms with van der Waals surface area (Å²) in [6.45, 7) is 7.08. The number of carbonyl (C=O) groups excluding carboxylic acids is 2. The van der Waals surface area contributed by atoms with Crippen molar-refractivity contribution in [2.75, 3.05) is 5.32 Å². The summed E-state index contributed by atoms with van der Waals surface area (Å²) in [7, 11) is 0. The number of hydrogen-bond donors (Lipinski definition) is 2. The van der Waals surface area contributed by atoms with Gasteiger partial charge >= 0.3 is 5.97 Å². The molecule has 1 amide bonds. The highest BCUT2D eigenvalue weighted by Gasteiger charge is 2.23. The van der Waals surface area contributed by atoms with Crippen molar-refractivity contribution in [3.63, 3.8) is 0 Å². The summed E-state index contributed by atoms with van der Waals surface area (Å²) < 4.78 is 6.32. The first-order chi connectivity index (χ1) is 10.8. The highest BCUT2D eigenvalue weighted by molar-refractivity contribution is 14.1. The summed E-state index contributed by atoms with van der Waals surface area (Å²) in [6, 6.07) is 7.49. The van der Waals surface area contributed by atoms with Gasteiger partial charge in [-0.25, -0.2) is 4.79 Å². The lowest BCUT2D eigenvalue weighted by Gasteiger charge is -2.08. The Kier molecular flexibility index (Phi) is 5.46. The van der Waals surface area contributed by atoms with E-state index in [0.29, 0.717) is 28.2 Å². The molecule has 2 N–H and O–H groups in total. The van der Waals surface area contributed by atoms with Crippen LogP contribution < -0.4 is 5.32 Å². The van der Waals surface area contributed by atoms with Crippen molar-refractivity contribution in [2.45, 2.75) is 33.8 Å². The molecule has 0 saturated carbocycles. The lowest BCUT2D eigenvalue weighted by Crippen LogP contribution is -2.15. The fourth-order valence-electron chi connectivity index (χ4n) is 2.28. The molecule has 5 nitrogen and oxygen atoms in total. The molecule has 0 radical (unpaired) electrons. The number of aromatic amines is 1. The third kappa shape index (κ3) is 4.13. The van der Waals surface area contributed by atoms with Gasteiger partial charge in [-0.1, -0.05) is 0 Å². The molecule has 122 valence electrons. The summed E-state index contributed by atoms with van der Waals surface area (Å²) in [4.78, 5) is 27.6. The molecule has 2 rings (SSSR count). The second-order valence-electron chi connectivity index (χ2n) is 5.54. The molecule has 0 bridgehead atoms. The van der Waals surface area contributed by atoms with Gasteiger partial charge in [-0.3, -0.25) is 4.79 Å². The quantitative estimate of drug-likeness (QED) is 0.573. The Morgan fingerprint density at radius 3 is 2.35 bits per heavy atom. The summed E-state index contributed by atoms with van der Waals surface area (Å²) in [5.41, 5.74) is 2.72. The molecule has 0 aliphatic heterocycles. The normalized spacial score (nSPS) is 10.7. The third-order valence-electron chi connectivity index (χ3n) is 3.31. The van der Waals surface area contributed by atoms with Gasteiger partial charge < -0.3 is 15.0 Å². The van der Waals surface area contributed by atoms with Crippen LogP contribution in [0.15, 0.2) is 24.3 Å². The Morgan fingerprint density at radius 2 is 1.78 bits per heavy atom. The minimum absolute atomic E-state index is 0.208. The number of anilines is 1. The molecule has 0 aliphatic rings. The van der Waals surface area contributed by atoms with Crippen molar-refractivity contribution < 1.29 is 14.3 Å². The first-order valence-corrected chi connectivity index (χ1v) is 8.34. The van der Waals surface area contributed by atoms with Crippen LogP contribution in [-0.4, -0.2) is 23.0 Å². The number of H-pyrrole nitrogens is 1. The topological polar surface area (TPSA) is 71.2 Å². The lowest BCUT2D eigenvalue weighted by atomic mass is 10.1. The van der Waals surface area contributed by atoms with Crippen LogP contribution in [0.5, 0.6) is 0 Å². The van der Waals surface area contributed by atoms with Gasteiger partial charge in [-0.05, 0) is 80.1 Å². The Bertz CT molecular complexity index is 733. The minimum atomic E-state index is -0.417. The molecule has 0 saturated heterocycles. The molecule has 1 aromatic heterocycles. The van der Waals surface area contributed by atoms with E-state index in [9.17, 15) is 9.59 Å². The lowest BCUT2D eigenvalue weighted by molar-refractivity contribution is 0.0376. The van der Waals surface area contributed by atoms with Crippen LogP contribution in [0.2, 0.25) is 0 Å². The molecule has 1 heterocycles. The smallest absolute Gasteiger partial charge is 0.340 e. The van der Waals surface area contributed by atoms with Crippen LogP contribution in [-0.2, 0) is 4.74 Å². The van der Waals surface area contributed by atoms with Crippen LogP contribution in [0, 0.1) is 17.4 Å². The fraction of sp³-hybridized carbons (Fsp3) is 0.294. The van der Waals surface area contributed by atoms with Gasteiger partial charge in [0.05, 0.1) is 11.7 Å². The predicted octanol–water partition coefficient (Wildman–Crippen LogP) is 4.05. The molecule has 0 aliphatic carbocycles. The fourth-order valence-corrected chi connectivity index (χ4v) is 2.64. The van der Waals surface area contributed by atoms with Gasteiger partial charge in [0.25, 0.3) is 5.91 Å². The molecule has 2 aromatic rings. The maximum Gasteiger partial charge on any atom is 0.340 e. The highest BCUT2D eigenvalue weighted by atomic mass is 127. The summed E-state index contributed by atoms with van der Waals surface area (Å²) in [6.07, 6.45) is -0.208. The third-order valence-corrected chi connectivity index (χ3v) is 4.03. The van der Waals surface area contributed by atoms with Crippen molar-refractivity contribution in [3.05, 3.63) is 50.4 Å². The Hall–Kier alpha value is -1.83. The molecular formula is C17H19IN2O3. The molecular weight excluding hydrogens is 407 g/mol. The van der Waals surface area contributed by atoms with Crippen molar-refractivity contribution in [3.8, 4) is 0 Å². The standard InChI is InChI=1S/C17H19IN2O3/c1-9(2)23-17(22)14-10(3)15(19-11(14)4)16(21)20-13-7-5-12(18)6-8-13/h5-9,19H,1-4H3,(H,20,21). The molecule has 0 spiro atoms. The predicted molar refractivity (Wildman–Crippen MR) is 97.9 cm³/mol. The Balaban J connectivity index is 2.24. The molecule has 0 atom stereocenters. The van der Waals surface area contributed by atoms with Crippen LogP contribution in [0.25, 0.3) is 0 Å².